The molecule has 6 nitrogen and oxygen atoms in total. The van der Waals surface area contributed by atoms with E-state index in [1.165, 1.54) is 0 Å². The van der Waals surface area contributed by atoms with Gasteiger partial charge in [-0.2, -0.15) is 10.5 Å². The lowest BCUT2D eigenvalue weighted by atomic mass is 9.86. The Morgan fingerprint density at radius 1 is 0.333 bits per heavy atom. The molecule has 0 aliphatic rings. The second-order valence-electron chi connectivity index (χ2n) is 12.6. The summed E-state index contributed by atoms with van der Waals surface area (Å²) < 4.78 is 23.8. The zero-order valence-corrected chi connectivity index (χ0v) is 30.2. The topological polar surface area (TPSA) is 84.5 Å². The molecule has 0 atom stereocenters. The molecule has 0 fully saturated rings. The number of nitriles is 2. The van der Waals surface area contributed by atoms with Crippen molar-refractivity contribution in [1.29, 1.82) is 10.5 Å². The average molecular weight is 711 g/mol. The van der Waals surface area contributed by atoms with Crippen molar-refractivity contribution < 1.29 is 18.9 Å². The molecule has 0 N–H and O–H groups in total. The Kier molecular flexibility index (Phi) is 13.5. The summed E-state index contributed by atoms with van der Waals surface area (Å²) in [6.07, 6.45) is 3.44. The van der Waals surface area contributed by atoms with Gasteiger partial charge in [-0.25, -0.2) is 0 Å². The minimum absolute atomic E-state index is 0.590. The van der Waals surface area contributed by atoms with Crippen molar-refractivity contribution in [2.24, 2.45) is 0 Å². The first-order valence-corrected chi connectivity index (χ1v) is 18.3. The van der Waals surface area contributed by atoms with E-state index in [1.807, 2.05) is 60.7 Å². The van der Waals surface area contributed by atoms with Crippen molar-refractivity contribution in [1.82, 2.24) is 0 Å². The summed E-state index contributed by atoms with van der Waals surface area (Å²) in [7, 11) is 0. The Balaban J connectivity index is 1.11. The van der Waals surface area contributed by atoms with E-state index in [0.717, 1.165) is 82.1 Å². The van der Waals surface area contributed by atoms with E-state index in [2.05, 4.69) is 84.9 Å². The van der Waals surface area contributed by atoms with Gasteiger partial charge in [-0.15, -0.1) is 0 Å². The normalized spacial score (nSPS) is 11.1. The van der Waals surface area contributed by atoms with Crippen LogP contribution in [-0.4, -0.2) is 26.4 Å². The molecule has 6 rings (SSSR count). The van der Waals surface area contributed by atoms with Crippen LogP contribution in [0.1, 0.15) is 59.1 Å². The second kappa shape index (κ2) is 19.7. The molecule has 0 unspecified atom stereocenters. The minimum atomic E-state index is 0.590. The van der Waals surface area contributed by atoms with Gasteiger partial charge < -0.3 is 18.9 Å². The molecule has 0 spiro atoms. The summed E-state index contributed by atoms with van der Waals surface area (Å²) in [6.45, 7) is 2.36. The van der Waals surface area contributed by atoms with Gasteiger partial charge in [0.25, 0.3) is 0 Å². The van der Waals surface area contributed by atoms with Crippen molar-refractivity contribution in [3.8, 4) is 35.1 Å². The Hall–Kier alpha value is -6.76. The van der Waals surface area contributed by atoms with Crippen LogP contribution in [0.4, 0.5) is 0 Å². The Morgan fingerprint density at radius 3 is 0.870 bits per heavy atom. The molecule has 0 aliphatic carbocycles. The number of unbranched alkanes of at least 4 members (excludes halogenated alkanes) is 2. The van der Waals surface area contributed by atoms with Crippen LogP contribution in [0, 0.1) is 22.7 Å². The van der Waals surface area contributed by atoms with Crippen LogP contribution >= 0.6 is 0 Å². The number of ether oxygens (including phenoxy) is 4. The third-order valence-electron chi connectivity index (χ3n) is 8.78. The molecule has 0 aromatic heterocycles. The number of nitrogens with zero attached hydrogens (tertiary/aromatic N) is 2. The van der Waals surface area contributed by atoms with Gasteiger partial charge in [0.05, 0.1) is 49.7 Å². The number of benzene rings is 6. The predicted molar refractivity (Wildman–Crippen MR) is 214 cm³/mol. The van der Waals surface area contributed by atoms with E-state index >= 15 is 0 Å². The third-order valence-corrected chi connectivity index (χ3v) is 8.78. The molecule has 6 aromatic rings. The number of hydrogen-bond donors (Lipinski definition) is 0. The van der Waals surface area contributed by atoms with Crippen LogP contribution in [0.15, 0.2) is 158 Å². The molecular weight excluding hydrogens is 669 g/mol. The summed E-state index contributed by atoms with van der Waals surface area (Å²) >= 11 is 0. The maximum atomic E-state index is 8.97. The maximum Gasteiger partial charge on any atom is 0.119 e. The van der Waals surface area contributed by atoms with Crippen LogP contribution in [0.5, 0.6) is 23.0 Å². The Bertz CT molecular complexity index is 1990. The summed E-state index contributed by atoms with van der Waals surface area (Å²) in [5, 5.41) is 17.9. The fourth-order valence-electron chi connectivity index (χ4n) is 5.98. The lowest BCUT2D eigenvalue weighted by molar-refractivity contribution is 0.266. The molecule has 0 saturated heterocycles. The molecule has 0 heterocycles. The molecule has 0 radical (unpaired) electrons. The van der Waals surface area contributed by atoms with Crippen molar-refractivity contribution in [2.45, 2.75) is 25.7 Å². The van der Waals surface area contributed by atoms with Crippen LogP contribution in [0.2, 0.25) is 0 Å². The first kappa shape index (κ1) is 37.0. The zero-order valence-electron chi connectivity index (χ0n) is 30.2. The lowest BCUT2D eigenvalue weighted by Gasteiger charge is -2.19. The first-order chi connectivity index (χ1) is 26.7. The van der Waals surface area contributed by atoms with Gasteiger partial charge in [0.15, 0.2) is 0 Å². The van der Waals surface area contributed by atoms with E-state index in [-0.39, 0.29) is 0 Å². The first-order valence-electron chi connectivity index (χ1n) is 18.3. The minimum Gasteiger partial charge on any atom is -0.494 e. The van der Waals surface area contributed by atoms with Gasteiger partial charge in [0.2, 0.25) is 0 Å². The average Bonchev–Trinajstić information content (AvgIpc) is 3.24. The molecule has 0 saturated carbocycles. The monoisotopic (exact) mass is 710 g/mol. The lowest BCUT2D eigenvalue weighted by Crippen LogP contribution is -2.03. The van der Waals surface area contributed by atoms with Crippen molar-refractivity contribution >= 4 is 11.1 Å². The molecule has 54 heavy (non-hydrogen) atoms. The summed E-state index contributed by atoms with van der Waals surface area (Å²) in [6, 6.07) is 56.3. The summed E-state index contributed by atoms with van der Waals surface area (Å²) in [4.78, 5) is 0. The smallest absolute Gasteiger partial charge is 0.119 e. The van der Waals surface area contributed by atoms with Crippen LogP contribution in [0.25, 0.3) is 11.1 Å². The van der Waals surface area contributed by atoms with Gasteiger partial charge in [0.1, 0.15) is 23.0 Å². The zero-order chi connectivity index (χ0) is 37.2. The largest absolute Gasteiger partial charge is 0.494 e. The highest BCUT2D eigenvalue weighted by Crippen LogP contribution is 2.38. The second-order valence-corrected chi connectivity index (χ2v) is 12.6. The van der Waals surface area contributed by atoms with Crippen molar-refractivity contribution in [3.05, 3.63) is 191 Å². The number of rotatable bonds is 18. The fourth-order valence-corrected chi connectivity index (χ4v) is 5.98. The van der Waals surface area contributed by atoms with Crippen LogP contribution in [-0.2, 0) is 0 Å². The van der Waals surface area contributed by atoms with Crippen LogP contribution < -0.4 is 18.9 Å². The molecule has 0 amide bonds. The van der Waals surface area contributed by atoms with Gasteiger partial charge in [-0.05, 0) is 132 Å². The fraction of sp³-hybridized carbons (Fsp3) is 0.167. The standard InChI is InChI=1S/C48H42N2O4/c49-35-37-15-23-43(24-16-37)51-31-7-9-33-53-45-27-19-41(20-28-45)47(39-11-3-1-4-12-39)48(40-13-5-2-6-14-40)42-21-29-46(30-22-42)54-34-10-8-32-52-44-25-17-38(36-50)18-26-44/h1-6,11-30H,7-10,31-34H2. The predicted octanol–water partition coefficient (Wildman–Crippen LogP) is 10.9. The summed E-state index contributed by atoms with van der Waals surface area (Å²) in [5.41, 5.74) is 7.92. The molecular formula is C48H42N2O4. The highest BCUT2D eigenvalue weighted by Gasteiger charge is 2.16. The van der Waals surface area contributed by atoms with E-state index in [4.69, 9.17) is 29.5 Å². The summed E-state index contributed by atoms with van der Waals surface area (Å²) in [5.74, 6) is 3.18. The maximum absolute atomic E-state index is 8.97. The third kappa shape index (κ3) is 10.6. The van der Waals surface area contributed by atoms with Gasteiger partial charge >= 0.3 is 0 Å². The Morgan fingerprint density at radius 2 is 0.593 bits per heavy atom. The highest BCUT2D eigenvalue weighted by atomic mass is 16.5. The van der Waals surface area contributed by atoms with Crippen molar-refractivity contribution in [3.63, 3.8) is 0 Å². The van der Waals surface area contributed by atoms with Gasteiger partial charge in [0, 0.05) is 0 Å². The molecule has 6 aromatic carbocycles. The molecule has 268 valence electrons. The van der Waals surface area contributed by atoms with E-state index in [9.17, 15) is 0 Å². The van der Waals surface area contributed by atoms with E-state index < -0.39 is 0 Å². The van der Waals surface area contributed by atoms with E-state index in [1.54, 1.807) is 24.3 Å². The van der Waals surface area contributed by atoms with Gasteiger partial charge in [-0.1, -0.05) is 84.9 Å². The van der Waals surface area contributed by atoms with Crippen LogP contribution in [0.3, 0.4) is 0 Å². The SMILES string of the molecule is N#Cc1ccc(OCCCCOc2ccc(C(=C(c3ccccc3)c3ccc(OCCCCOc4ccc(C#N)cc4)cc3)c3ccccc3)cc2)cc1. The van der Waals surface area contributed by atoms with Gasteiger partial charge in [-0.3, -0.25) is 0 Å². The molecule has 0 aliphatic heterocycles. The quantitative estimate of drug-likeness (QED) is 0.0652. The number of hydrogen-bond acceptors (Lipinski definition) is 6. The molecule has 6 heteroatoms. The highest BCUT2D eigenvalue weighted by molar-refractivity contribution is 6.04. The Labute approximate surface area is 318 Å². The van der Waals surface area contributed by atoms with E-state index in [0.29, 0.717) is 37.6 Å². The molecule has 0 bridgehead atoms. The van der Waals surface area contributed by atoms with Crippen molar-refractivity contribution in [2.75, 3.05) is 26.4 Å².